The molecule has 6 rings (SSSR count). The van der Waals surface area contributed by atoms with E-state index in [0.717, 1.165) is 47.8 Å². The number of aryl methyl sites for hydroxylation is 1. The number of aliphatic hydroxyl groups excluding tert-OH is 1. The van der Waals surface area contributed by atoms with Crippen molar-refractivity contribution < 1.29 is 9.90 Å². The lowest BCUT2D eigenvalue weighted by molar-refractivity contribution is -0.138. The van der Waals surface area contributed by atoms with E-state index in [9.17, 15) is 9.90 Å². The fraction of sp³-hybridized carbons (Fsp3) is 0.387. The largest absolute Gasteiger partial charge is 0.393 e. The van der Waals surface area contributed by atoms with E-state index in [0.29, 0.717) is 31.9 Å². The first kappa shape index (κ1) is 24.6. The van der Waals surface area contributed by atoms with Gasteiger partial charge in [-0.2, -0.15) is 0 Å². The summed E-state index contributed by atoms with van der Waals surface area (Å²) in [4.78, 5) is 27.8. The predicted octanol–water partition coefficient (Wildman–Crippen LogP) is 5.55. The monoisotopic (exact) mass is 509 g/mol. The van der Waals surface area contributed by atoms with Crippen LogP contribution < -0.4 is 5.32 Å². The summed E-state index contributed by atoms with van der Waals surface area (Å²) in [7, 11) is 0. The Morgan fingerprint density at radius 2 is 1.71 bits per heavy atom. The maximum absolute atomic E-state index is 13.0. The fourth-order valence-electron chi connectivity index (χ4n) is 6.08. The zero-order valence-electron chi connectivity index (χ0n) is 21.9. The molecule has 7 nitrogen and oxygen atoms in total. The second-order valence-corrected chi connectivity index (χ2v) is 10.8. The number of benzene rings is 2. The van der Waals surface area contributed by atoms with Gasteiger partial charge in [-0.25, -0.2) is 9.97 Å². The van der Waals surface area contributed by atoms with E-state index in [-0.39, 0.29) is 24.0 Å². The molecule has 196 valence electrons. The highest BCUT2D eigenvalue weighted by Crippen LogP contribution is 2.37. The number of hydrogen-bond acceptors (Lipinski definition) is 5. The van der Waals surface area contributed by atoms with Crippen molar-refractivity contribution in [3.05, 3.63) is 66.5 Å². The molecule has 0 radical (unpaired) electrons. The van der Waals surface area contributed by atoms with Gasteiger partial charge in [0.15, 0.2) is 0 Å². The number of fused-ring (bicyclic) bond motifs is 1. The number of amides is 1. The van der Waals surface area contributed by atoms with Crippen molar-refractivity contribution in [2.24, 2.45) is 5.92 Å². The number of carbonyl (C=O) groups excluding carboxylic acids is 1. The van der Waals surface area contributed by atoms with Crippen LogP contribution in [-0.2, 0) is 4.79 Å². The quantitative estimate of drug-likeness (QED) is 0.328. The summed E-state index contributed by atoms with van der Waals surface area (Å²) in [6.45, 7) is 3.50. The number of piperidine rings is 1. The van der Waals surface area contributed by atoms with Gasteiger partial charge in [0, 0.05) is 53.9 Å². The number of anilines is 1. The molecule has 1 saturated carbocycles. The number of hydrogen-bond donors (Lipinski definition) is 3. The van der Waals surface area contributed by atoms with Crippen LogP contribution in [0.5, 0.6) is 0 Å². The van der Waals surface area contributed by atoms with Gasteiger partial charge in [-0.15, -0.1) is 0 Å². The second kappa shape index (κ2) is 10.6. The molecule has 2 aromatic heterocycles. The van der Waals surface area contributed by atoms with Crippen molar-refractivity contribution >= 4 is 22.8 Å². The third-order valence-electron chi connectivity index (χ3n) is 8.26. The molecule has 1 aliphatic carbocycles. The summed E-state index contributed by atoms with van der Waals surface area (Å²) in [6, 6.07) is 17.1. The van der Waals surface area contributed by atoms with Crippen LogP contribution in [0.25, 0.3) is 33.3 Å². The Bertz CT molecular complexity index is 1430. The lowest BCUT2D eigenvalue weighted by Gasteiger charge is -2.35. The van der Waals surface area contributed by atoms with Gasteiger partial charge in [-0.1, -0.05) is 36.4 Å². The summed E-state index contributed by atoms with van der Waals surface area (Å²) in [5.41, 5.74) is 6.68. The third kappa shape index (κ3) is 4.90. The maximum Gasteiger partial charge on any atom is 0.225 e. The topological polar surface area (TPSA) is 94.1 Å². The zero-order chi connectivity index (χ0) is 26.1. The Morgan fingerprint density at radius 3 is 2.50 bits per heavy atom. The van der Waals surface area contributed by atoms with Crippen molar-refractivity contribution in [3.63, 3.8) is 0 Å². The Hall–Kier alpha value is -3.71. The normalized spacial score (nSPS) is 20.5. The molecule has 2 fully saturated rings. The summed E-state index contributed by atoms with van der Waals surface area (Å²) in [6.07, 6.45) is 8.58. The van der Waals surface area contributed by atoms with Gasteiger partial charge < -0.3 is 20.3 Å². The number of rotatable bonds is 5. The number of aromatic nitrogens is 3. The summed E-state index contributed by atoms with van der Waals surface area (Å²) < 4.78 is 0. The Balaban J connectivity index is 1.17. The lowest BCUT2D eigenvalue weighted by atomic mass is 9.85. The van der Waals surface area contributed by atoms with Crippen LogP contribution in [0.15, 0.2) is 60.9 Å². The van der Waals surface area contributed by atoms with Gasteiger partial charge in [0.2, 0.25) is 11.9 Å². The SMILES string of the molecule is Cc1ccccc1-c1cccc2[nH]cc(-c3ccnc(NC4CCC(C(=O)N5CCC(O)CC5)CC4)n3)c12. The van der Waals surface area contributed by atoms with Crippen LogP contribution in [0.2, 0.25) is 0 Å². The molecule has 1 saturated heterocycles. The number of likely N-dealkylation sites (tertiary alicyclic amines) is 1. The van der Waals surface area contributed by atoms with Crippen LogP contribution in [0, 0.1) is 12.8 Å². The van der Waals surface area contributed by atoms with Crippen molar-refractivity contribution in [2.45, 2.75) is 57.6 Å². The number of nitrogens with one attached hydrogen (secondary N) is 2. The highest BCUT2D eigenvalue weighted by atomic mass is 16.3. The highest BCUT2D eigenvalue weighted by Gasteiger charge is 2.31. The van der Waals surface area contributed by atoms with Crippen molar-refractivity contribution in [2.75, 3.05) is 18.4 Å². The number of H-pyrrole nitrogens is 1. The minimum Gasteiger partial charge on any atom is -0.393 e. The molecule has 0 atom stereocenters. The third-order valence-corrected chi connectivity index (χ3v) is 8.26. The number of aliphatic hydroxyl groups is 1. The van der Waals surface area contributed by atoms with Gasteiger partial charge in [-0.3, -0.25) is 4.79 Å². The fourth-order valence-corrected chi connectivity index (χ4v) is 6.08. The Kier molecular flexibility index (Phi) is 6.85. The van der Waals surface area contributed by atoms with Gasteiger partial charge in [0.05, 0.1) is 11.8 Å². The molecule has 3 N–H and O–H groups in total. The highest BCUT2D eigenvalue weighted by molar-refractivity contribution is 6.05. The second-order valence-electron chi connectivity index (χ2n) is 10.8. The predicted molar refractivity (Wildman–Crippen MR) is 151 cm³/mol. The zero-order valence-corrected chi connectivity index (χ0v) is 21.9. The van der Waals surface area contributed by atoms with Gasteiger partial charge in [-0.05, 0) is 74.3 Å². The van der Waals surface area contributed by atoms with E-state index in [1.54, 1.807) is 0 Å². The first-order chi connectivity index (χ1) is 18.6. The standard InChI is InChI=1S/C31H35N5O2/c1-20-5-2-3-6-24(20)25-7-4-8-28-29(25)26(19-33-28)27-13-16-32-31(35-27)34-22-11-9-21(10-12-22)30(38)36-17-14-23(37)15-18-36/h2-8,13,16,19,21-23,33,37H,9-12,14-15,17-18H2,1H3,(H,32,34,35). The molecule has 0 spiro atoms. The Morgan fingerprint density at radius 1 is 0.947 bits per heavy atom. The Labute approximate surface area is 223 Å². The van der Waals surface area contributed by atoms with Gasteiger partial charge in [0.25, 0.3) is 0 Å². The maximum atomic E-state index is 13.0. The number of nitrogens with zero attached hydrogens (tertiary/aromatic N) is 3. The molecule has 38 heavy (non-hydrogen) atoms. The van der Waals surface area contributed by atoms with E-state index in [1.165, 1.54) is 16.7 Å². The average Bonchev–Trinajstić information content (AvgIpc) is 3.39. The molecule has 2 aromatic carbocycles. The molecular formula is C31H35N5O2. The molecular weight excluding hydrogens is 474 g/mol. The molecule has 7 heteroatoms. The first-order valence-electron chi connectivity index (χ1n) is 13.8. The first-order valence-corrected chi connectivity index (χ1v) is 13.8. The number of carbonyl (C=O) groups is 1. The van der Waals surface area contributed by atoms with Crippen molar-refractivity contribution in [3.8, 4) is 22.4 Å². The molecule has 0 bridgehead atoms. The van der Waals surface area contributed by atoms with Crippen LogP contribution in [0.1, 0.15) is 44.1 Å². The number of aromatic amines is 1. The average molecular weight is 510 g/mol. The summed E-state index contributed by atoms with van der Waals surface area (Å²) in [5, 5.41) is 14.4. The van der Waals surface area contributed by atoms with Crippen molar-refractivity contribution in [1.82, 2.24) is 19.9 Å². The van der Waals surface area contributed by atoms with Crippen LogP contribution >= 0.6 is 0 Å². The smallest absolute Gasteiger partial charge is 0.225 e. The lowest BCUT2D eigenvalue weighted by Crippen LogP contribution is -2.44. The molecule has 2 aliphatic rings. The molecule has 1 amide bonds. The summed E-state index contributed by atoms with van der Waals surface area (Å²) in [5.74, 6) is 0.976. The van der Waals surface area contributed by atoms with Crippen molar-refractivity contribution in [1.29, 1.82) is 0 Å². The molecule has 1 aliphatic heterocycles. The van der Waals surface area contributed by atoms with Crippen LogP contribution in [-0.4, -0.2) is 56.1 Å². The van der Waals surface area contributed by atoms with Gasteiger partial charge >= 0.3 is 0 Å². The summed E-state index contributed by atoms with van der Waals surface area (Å²) >= 11 is 0. The molecule has 3 heterocycles. The van der Waals surface area contributed by atoms with E-state index in [4.69, 9.17) is 4.98 Å². The molecule has 0 unspecified atom stereocenters. The minimum atomic E-state index is -0.256. The van der Waals surface area contributed by atoms with Gasteiger partial charge in [0.1, 0.15) is 0 Å². The minimum absolute atomic E-state index is 0.0848. The van der Waals surface area contributed by atoms with Crippen LogP contribution in [0.3, 0.4) is 0 Å². The van der Waals surface area contributed by atoms with E-state index < -0.39 is 0 Å². The van der Waals surface area contributed by atoms with E-state index >= 15 is 0 Å². The molecule has 4 aromatic rings. The van der Waals surface area contributed by atoms with Crippen LogP contribution in [0.4, 0.5) is 5.95 Å². The van der Waals surface area contributed by atoms with E-state index in [2.05, 4.69) is 64.7 Å². The van der Waals surface area contributed by atoms with E-state index in [1.807, 2.05) is 23.4 Å².